The summed E-state index contributed by atoms with van der Waals surface area (Å²) in [4.78, 5) is 25.1. The van der Waals surface area contributed by atoms with Crippen molar-refractivity contribution in [2.75, 3.05) is 25.2 Å². The van der Waals surface area contributed by atoms with E-state index in [0.29, 0.717) is 6.42 Å². The third kappa shape index (κ3) is 4.19. The highest BCUT2D eigenvalue weighted by Gasteiger charge is 2.39. The minimum Gasteiger partial charge on any atom is -0.468 e. The zero-order valence-electron chi connectivity index (χ0n) is 11.8. The molecule has 0 unspecified atom stereocenters. The van der Waals surface area contributed by atoms with Gasteiger partial charge in [0.2, 0.25) is 5.91 Å². The first-order valence-corrected chi connectivity index (χ1v) is 7.97. The highest BCUT2D eigenvalue weighted by atomic mass is 32.2. The molecule has 1 fully saturated rings. The molecule has 0 saturated carbocycles. The molecule has 0 spiro atoms. The molecule has 0 N–H and O–H groups in total. The second-order valence-corrected chi connectivity index (χ2v) is 8.04. The first kappa shape index (κ1) is 15.9. The van der Waals surface area contributed by atoms with E-state index < -0.39 is 27.3 Å². The summed E-state index contributed by atoms with van der Waals surface area (Å²) in [5.74, 6) is -0.791. The van der Waals surface area contributed by atoms with Crippen LogP contribution < -0.4 is 0 Å². The summed E-state index contributed by atoms with van der Waals surface area (Å²) < 4.78 is 27.6. The van der Waals surface area contributed by atoms with Crippen LogP contribution in [-0.2, 0) is 24.2 Å². The number of carbonyl (C=O) groups is 2. The van der Waals surface area contributed by atoms with Crippen LogP contribution in [0.4, 0.5) is 0 Å². The number of hydrogen-bond donors (Lipinski definition) is 0. The quantitative estimate of drug-likeness (QED) is 0.695. The van der Waals surface area contributed by atoms with Gasteiger partial charge in [-0.25, -0.2) is 8.42 Å². The molecule has 1 saturated heterocycles. The average Bonchev–Trinajstić information content (AvgIpc) is 2.63. The highest BCUT2D eigenvalue weighted by molar-refractivity contribution is 7.91. The summed E-state index contributed by atoms with van der Waals surface area (Å²) in [6.45, 7) is 5.02. The number of carbonyl (C=O) groups excluding carboxylic acids is 2. The smallest absolute Gasteiger partial charge is 0.325 e. The van der Waals surface area contributed by atoms with Crippen molar-refractivity contribution in [3.05, 3.63) is 0 Å². The Bertz CT molecular complexity index is 463. The minimum absolute atomic E-state index is 0.0623. The topological polar surface area (TPSA) is 80.8 Å². The van der Waals surface area contributed by atoms with E-state index in [1.54, 1.807) is 20.8 Å². The fourth-order valence-corrected chi connectivity index (χ4v) is 3.75. The molecule has 19 heavy (non-hydrogen) atoms. The molecule has 1 atom stereocenters. The predicted octanol–water partition coefficient (Wildman–Crippen LogP) is 0.221. The van der Waals surface area contributed by atoms with Gasteiger partial charge in [-0.2, -0.15) is 0 Å². The number of amides is 1. The van der Waals surface area contributed by atoms with Gasteiger partial charge in [0.25, 0.3) is 0 Å². The lowest BCUT2D eigenvalue weighted by Gasteiger charge is -2.32. The fourth-order valence-electron chi connectivity index (χ4n) is 2.02. The maximum absolute atomic E-state index is 12.3. The number of sulfone groups is 1. The van der Waals surface area contributed by atoms with E-state index in [4.69, 9.17) is 0 Å². The molecule has 1 heterocycles. The monoisotopic (exact) mass is 291 g/mol. The third-order valence-corrected chi connectivity index (χ3v) is 4.83. The van der Waals surface area contributed by atoms with Crippen molar-refractivity contribution < 1.29 is 22.7 Å². The SMILES string of the molecule is COC(=O)CN(C(=O)C(C)(C)C)[C@H]1CCS(=O)(=O)C1. The normalized spacial score (nSPS) is 22.0. The van der Waals surface area contributed by atoms with Gasteiger partial charge in [0, 0.05) is 11.5 Å². The molecule has 1 aliphatic heterocycles. The first-order valence-electron chi connectivity index (χ1n) is 6.15. The molecule has 1 amide bonds. The van der Waals surface area contributed by atoms with Gasteiger partial charge in [-0.15, -0.1) is 0 Å². The van der Waals surface area contributed by atoms with E-state index in [2.05, 4.69) is 4.74 Å². The van der Waals surface area contributed by atoms with Crippen molar-refractivity contribution >= 4 is 21.7 Å². The Hall–Kier alpha value is -1.11. The van der Waals surface area contributed by atoms with Crippen LogP contribution in [0.2, 0.25) is 0 Å². The molecule has 0 aliphatic carbocycles. The lowest BCUT2D eigenvalue weighted by Crippen LogP contribution is -2.49. The van der Waals surface area contributed by atoms with Gasteiger partial charge in [-0.1, -0.05) is 20.8 Å². The van der Waals surface area contributed by atoms with Crippen LogP contribution in [-0.4, -0.2) is 56.4 Å². The molecule has 0 bridgehead atoms. The average molecular weight is 291 g/mol. The van der Waals surface area contributed by atoms with Crippen LogP contribution in [0, 0.1) is 5.41 Å². The summed E-state index contributed by atoms with van der Waals surface area (Å²) in [6, 6.07) is -0.434. The maximum atomic E-state index is 12.3. The molecule has 1 rings (SSSR count). The summed E-state index contributed by atoms with van der Waals surface area (Å²) in [5, 5.41) is 0. The standard InChI is InChI=1S/C12H21NO5S/c1-12(2,3)11(15)13(7-10(14)18-4)9-5-6-19(16,17)8-9/h9H,5-8H2,1-4H3/t9-/m0/s1. The summed E-state index contributed by atoms with van der Waals surface area (Å²) in [7, 11) is -1.86. The van der Waals surface area contributed by atoms with E-state index in [-0.39, 0.29) is 24.0 Å². The Morgan fingerprint density at radius 3 is 2.26 bits per heavy atom. The Morgan fingerprint density at radius 1 is 1.32 bits per heavy atom. The Balaban J connectivity index is 2.94. The number of esters is 1. The minimum atomic E-state index is -3.11. The van der Waals surface area contributed by atoms with Crippen LogP contribution in [0.1, 0.15) is 27.2 Å². The van der Waals surface area contributed by atoms with Crippen molar-refractivity contribution in [3.8, 4) is 0 Å². The summed E-state index contributed by atoms with van der Waals surface area (Å²) >= 11 is 0. The van der Waals surface area contributed by atoms with E-state index in [1.165, 1.54) is 12.0 Å². The molecule has 0 aromatic rings. The molecule has 0 aromatic carbocycles. The number of ether oxygens (including phenoxy) is 1. The van der Waals surface area contributed by atoms with E-state index in [0.717, 1.165) is 0 Å². The highest BCUT2D eigenvalue weighted by Crippen LogP contribution is 2.24. The summed E-state index contributed by atoms with van der Waals surface area (Å²) in [6.07, 6.45) is 0.376. The Labute approximate surface area is 114 Å². The second kappa shape index (κ2) is 5.48. The number of methoxy groups -OCH3 is 1. The van der Waals surface area contributed by atoms with Gasteiger partial charge in [-0.3, -0.25) is 9.59 Å². The molecular formula is C12H21NO5S. The van der Waals surface area contributed by atoms with Gasteiger partial charge >= 0.3 is 5.97 Å². The summed E-state index contributed by atoms with van der Waals surface area (Å²) in [5.41, 5.74) is -0.666. The van der Waals surface area contributed by atoms with Crippen molar-refractivity contribution in [2.45, 2.75) is 33.2 Å². The number of nitrogens with zero attached hydrogens (tertiary/aromatic N) is 1. The molecule has 6 nitrogen and oxygen atoms in total. The zero-order valence-corrected chi connectivity index (χ0v) is 12.6. The van der Waals surface area contributed by atoms with Gasteiger partial charge in [-0.05, 0) is 6.42 Å². The lowest BCUT2D eigenvalue weighted by atomic mass is 9.93. The lowest BCUT2D eigenvalue weighted by molar-refractivity contribution is -0.151. The van der Waals surface area contributed by atoms with Crippen molar-refractivity contribution in [3.63, 3.8) is 0 Å². The molecule has 0 aromatic heterocycles. The Morgan fingerprint density at radius 2 is 1.89 bits per heavy atom. The predicted molar refractivity (Wildman–Crippen MR) is 70.2 cm³/mol. The molecule has 1 aliphatic rings. The van der Waals surface area contributed by atoms with Crippen LogP contribution >= 0.6 is 0 Å². The van der Waals surface area contributed by atoms with Crippen molar-refractivity contribution in [2.24, 2.45) is 5.41 Å². The van der Waals surface area contributed by atoms with Crippen LogP contribution in [0.3, 0.4) is 0 Å². The largest absolute Gasteiger partial charge is 0.468 e. The number of rotatable bonds is 3. The van der Waals surface area contributed by atoms with Crippen LogP contribution in [0.15, 0.2) is 0 Å². The van der Waals surface area contributed by atoms with Gasteiger partial charge in [0.15, 0.2) is 9.84 Å². The van der Waals surface area contributed by atoms with E-state index in [9.17, 15) is 18.0 Å². The maximum Gasteiger partial charge on any atom is 0.325 e. The first-order chi connectivity index (χ1) is 8.57. The number of hydrogen-bond acceptors (Lipinski definition) is 5. The van der Waals surface area contributed by atoms with Crippen LogP contribution in [0.25, 0.3) is 0 Å². The second-order valence-electron chi connectivity index (χ2n) is 5.82. The fraction of sp³-hybridized carbons (Fsp3) is 0.833. The van der Waals surface area contributed by atoms with E-state index in [1.807, 2.05) is 0 Å². The van der Waals surface area contributed by atoms with Gasteiger partial charge < -0.3 is 9.64 Å². The molecule has 7 heteroatoms. The van der Waals surface area contributed by atoms with Gasteiger partial charge in [0.1, 0.15) is 6.54 Å². The van der Waals surface area contributed by atoms with Gasteiger partial charge in [0.05, 0.1) is 18.6 Å². The van der Waals surface area contributed by atoms with Crippen LogP contribution in [0.5, 0.6) is 0 Å². The van der Waals surface area contributed by atoms with Crippen molar-refractivity contribution in [1.29, 1.82) is 0 Å². The van der Waals surface area contributed by atoms with Crippen molar-refractivity contribution in [1.82, 2.24) is 4.90 Å². The third-order valence-electron chi connectivity index (χ3n) is 3.08. The molecule has 0 radical (unpaired) electrons. The van der Waals surface area contributed by atoms with E-state index >= 15 is 0 Å². The zero-order chi connectivity index (χ0) is 14.8. The molecule has 110 valence electrons. The molecular weight excluding hydrogens is 270 g/mol. The Kier molecular flexibility index (Phi) is 4.60.